The molecule has 0 bridgehead atoms. The van der Waals surface area contributed by atoms with Crippen molar-refractivity contribution in [1.82, 2.24) is 40.4 Å². The van der Waals surface area contributed by atoms with E-state index in [4.69, 9.17) is 37.5 Å². The maximum absolute atomic E-state index is 13.4. The number of carbonyl (C=O) groups is 11. The van der Waals surface area contributed by atoms with Gasteiger partial charge in [-0.05, 0) is 210 Å². The summed E-state index contributed by atoms with van der Waals surface area (Å²) >= 11 is 0. The summed E-state index contributed by atoms with van der Waals surface area (Å²) < 4.78 is 15.8. The van der Waals surface area contributed by atoms with Gasteiger partial charge in [0.25, 0.3) is 47.3 Å². The molecule has 147 heavy (non-hydrogen) atoms. The lowest BCUT2D eigenvalue weighted by Gasteiger charge is -2.28. The Bertz CT molecular complexity index is 5940. The first-order chi connectivity index (χ1) is 68.0. The number of para-hydroxylation sites is 5. The number of aliphatic hydroxyl groups excluding tert-OH is 2. The summed E-state index contributed by atoms with van der Waals surface area (Å²) in [7, 11) is 0. The molecule has 34 nitrogen and oxygen atoms in total. The third kappa shape index (κ3) is 30.4. The highest BCUT2D eigenvalue weighted by molar-refractivity contribution is 6.22. The van der Waals surface area contributed by atoms with Crippen LogP contribution in [0.2, 0.25) is 0 Å². The molecule has 6 fully saturated rings. The van der Waals surface area contributed by atoms with Crippen LogP contribution in [0, 0.1) is 76.1 Å². The number of nitrogens with one attached hydrogen (secondary N) is 3. The van der Waals surface area contributed by atoms with E-state index in [0.29, 0.717) is 122 Å². The Balaban J connectivity index is 0.000000245. The molecule has 10 heterocycles. The largest absolute Gasteiger partial charge is 0.448 e. The van der Waals surface area contributed by atoms with Gasteiger partial charge in [-0.2, -0.15) is 15.8 Å². The van der Waals surface area contributed by atoms with E-state index in [9.17, 15) is 73.5 Å². The van der Waals surface area contributed by atoms with Gasteiger partial charge in [-0.3, -0.25) is 57.7 Å². The first-order valence-electron chi connectivity index (χ1n) is 47.9. The molecule has 8 aromatic carbocycles. The number of likely N-dealkylation sites (tertiary alicyclic amines) is 1. The second-order valence-corrected chi connectivity index (χ2v) is 37.7. The molecule has 9 N–H and O–H groups in total. The number of aliphatic hydroxyl groups is 2. The zero-order valence-corrected chi connectivity index (χ0v) is 80.1. The molecule has 0 aromatic heterocycles. The van der Waals surface area contributed by atoms with E-state index in [1.165, 1.54) is 19.6 Å². The highest BCUT2D eigenvalue weighted by Crippen LogP contribution is 2.37. The second kappa shape index (κ2) is 56.0. The number of anilines is 4. The first-order valence-corrected chi connectivity index (χ1v) is 47.9. The van der Waals surface area contributed by atoms with E-state index in [1.54, 1.807) is 65.6 Å². The highest BCUT2D eigenvalue weighted by atomic mass is 16.6. The summed E-state index contributed by atoms with van der Waals surface area (Å²) in [4.78, 5) is 156. The molecule has 18 rings (SSSR count). The number of hydrogen-bond donors (Lipinski definition) is 7. The van der Waals surface area contributed by atoms with Gasteiger partial charge in [0.1, 0.15) is 23.8 Å². The molecule has 784 valence electrons. The molecule has 6 saturated heterocycles. The fourth-order valence-corrected chi connectivity index (χ4v) is 19.1. The Hall–Kier alpha value is -14.9. The van der Waals surface area contributed by atoms with Crippen molar-refractivity contribution in [3.8, 4) is 18.2 Å². The van der Waals surface area contributed by atoms with Crippen LogP contribution in [-0.2, 0) is 69.2 Å². The number of carbonyl (C=O) groups excluding carboxylic acids is 11. The third-order valence-electron chi connectivity index (χ3n) is 26.6. The van der Waals surface area contributed by atoms with Gasteiger partial charge in [0.15, 0.2) is 12.2 Å². The van der Waals surface area contributed by atoms with Crippen molar-refractivity contribution in [3.63, 3.8) is 0 Å². The molecule has 10 aliphatic heterocycles. The van der Waals surface area contributed by atoms with E-state index in [0.717, 1.165) is 175 Å². The number of benzene rings is 8. The third-order valence-corrected chi connectivity index (χ3v) is 26.6. The van der Waals surface area contributed by atoms with Crippen LogP contribution in [0.15, 0.2) is 194 Å². The minimum absolute atomic E-state index is 0. The summed E-state index contributed by atoms with van der Waals surface area (Å²) in [6, 6.07) is 65.9. The van der Waals surface area contributed by atoms with Gasteiger partial charge in [-0.15, -0.1) is 0 Å². The standard InChI is InChI=1S/C28H30N4O6.C24H26N4O4.C20H17N3O2.C13H14N2O2.C12H15N3.C10H20N2O2.6CH4/c1-18(33)37-25(26(38-19(2)34)28(36)32-16-21-8-4-5-9-22(21)17-32)27(35)30-14-20-12-13-31(15-20)24-11-7-6-10-23(24)29-3;25-11-17-5-3-4-8-20(17)27-10-9-16(13-27)12-26-23(31)21(29)22(30)24(32)28-14-18-6-1-2-7-19(18)15-28;21-11-15-5-1-4-8-18(15)22-10-9-14(12-22)13-23-19(24)16-6-2-3-7-17(16)20(23)25;16-12-10-3-1-2-4-11(10)13(17)15(12)8-9-5-6-14-7-9;13-7-10-5-6-15(9-10)12-4-2-1-3-11(12)8-14;1-10(2,3)14-9(13)12-5-4-8(6-11)7-12;;;;;;/h4-11,20,25-26H,12-17H2,1-2H3,(H,30,35);1-8,16,21-22,29-30H,9-10,12-15H2,(H,26,31);1-8,14H,9-10,12-13H2;1-4,9,14H,5-8H2;1-4,10H,5-7,9,13H2;8H,4-7,11H2,1-3H3;6*1H4/t20?,25-,26-;16?,21-,22-;;;;;;;;;;/m11........../s1. The molecule has 6 unspecified atom stereocenters. The number of esters is 2. The average Bonchev–Trinajstić information content (AvgIpc) is 1.63. The number of amides is 9. The minimum Gasteiger partial charge on any atom is -0.448 e. The smallest absolute Gasteiger partial charge is 0.410 e. The molecular formula is C113H146N18O16. The summed E-state index contributed by atoms with van der Waals surface area (Å²) in [5, 5.41) is 56.8. The summed E-state index contributed by atoms with van der Waals surface area (Å²) in [6.07, 6.45) is -1.44. The average molecular weight is 2010 g/mol. The number of hydrogen-bond acceptors (Lipinski definition) is 26. The van der Waals surface area contributed by atoms with Gasteiger partial charge in [0.05, 0.1) is 62.6 Å². The predicted octanol–water partition coefficient (Wildman–Crippen LogP) is 13.3. The Morgan fingerprint density at radius 2 is 0.769 bits per heavy atom. The maximum atomic E-state index is 13.4. The Morgan fingerprint density at radius 1 is 0.429 bits per heavy atom. The molecular weight excluding hydrogens is 1870 g/mol. The lowest BCUT2D eigenvalue weighted by Crippen LogP contribution is -2.53. The van der Waals surface area contributed by atoms with E-state index < -0.39 is 65.6 Å². The van der Waals surface area contributed by atoms with Crippen LogP contribution >= 0.6 is 0 Å². The molecule has 0 aliphatic carbocycles. The number of ether oxygens (including phenoxy) is 3. The molecule has 0 radical (unpaired) electrons. The van der Waals surface area contributed by atoms with Crippen molar-refractivity contribution < 1.29 is 77.2 Å². The van der Waals surface area contributed by atoms with E-state index in [1.807, 2.05) is 154 Å². The fourth-order valence-electron chi connectivity index (χ4n) is 19.1. The van der Waals surface area contributed by atoms with Crippen LogP contribution in [0.5, 0.6) is 0 Å². The van der Waals surface area contributed by atoms with E-state index >= 15 is 0 Å². The number of nitrogens with two attached hydrogens (primary N) is 2. The minimum atomic E-state index is -1.83. The van der Waals surface area contributed by atoms with Crippen LogP contribution < -0.4 is 47.0 Å². The van der Waals surface area contributed by atoms with Crippen molar-refractivity contribution in [1.29, 1.82) is 15.8 Å². The number of fused-ring (bicyclic) bond motifs is 4. The fraction of sp³-hybridized carbons (Fsp3) is 0.442. The Morgan fingerprint density at radius 3 is 1.16 bits per heavy atom. The monoisotopic (exact) mass is 2010 g/mol. The quantitative estimate of drug-likeness (QED) is 0.0143. The normalized spacial score (nSPS) is 18.9. The van der Waals surface area contributed by atoms with Crippen LogP contribution in [0.1, 0.15) is 198 Å². The van der Waals surface area contributed by atoms with Gasteiger partial charge < -0.3 is 86.1 Å². The van der Waals surface area contributed by atoms with Crippen molar-refractivity contribution in [3.05, 3.63) is 267 Å². The van der Waals surface area contributed by atoms with E-state index in [2.05, 4.69) is 58.6 Å². The Kier molecular flexibility index (Phi) is 45.3. The zero-order valence-electron chi connectivity index (χ0n) is 80.1. The van der Waals surface area contributed by atoms with Crippen LogP contribution in [0.4, 0.5) is 33.2 Å². The van der Waals surface area contributed by atoms with Gasteiger partial charge in [0.2, 0.25) is 17.9 Å². The number of nitrogens with zero attached hydrogens (tertiary/aromatic N) is 13. The summed E-state index contributed by atoms with van der Waals surface area (Å²) in [6.45, 7) is 29.3. The summed E-state index contributed by atoms with van der Waals surface area (Å²) in [5.41, 5.74) is 23.1. The van der Waals surface area contributed by atoms with Crippen molar-refractivity contribution in [2.24, 2.45) is 47.0 Å². The number of rotatable bonds is 22. The maximum Gasteiger partial charge on any atom is 0.410 e. The van der Waals surface area contributed by atoms with Crippen LogP contribution in [0.25, 0.3) is 4.85 Å². The molecule has 8 aromatic rings. The van der Waals surface area contributed by atoms with Crippen molar-refractivity contribution >= 4 is 93.7 Å². The predicted molar refractivity (Wildman–Crippen MR) is 567 cm³/mol. The van der Waals surface area contributed by atoms with E-state index in [-0.39, 0.29) is 98.6 Å². The van der Waals surface area contributed by atoms with Crippen molar-refractivity contribution in [2.45, 2.75) is 174 Å². The topological polar surface area (TPSA) is 449 Å². The Labute approximate surface area is 865 Å². The van der Waals surface area contributed by atoms with Crippen LogP contribution in [0.3, 0.4) is 0 Å². The zero-order chi connectivity index (χ0) is 101. The molecule has 10 aliphatic rings. The van der Waals surface area contributed by atoms with Crippen molar-refractivity contribution in [2.75, 3.05) is 137 Å². The highest BCUT2D eigenvalue weighted by Gasteiger charge is 2.45. The second-order valence-electron chi connectivity index (χ2n) is 37.7. The molecule has 0 saturated carbocycles. The number of imide groups is 2. The molecule has 34 heteroatoms. The lowest BCUT2D eigenvalue weighted by atomic mass is 10.1. The van der Waals surface area contributed by atoms with Gasteiger partial charge in [0, 0.05) is 137 Å². The SMILES string of the molecule is C.C.C.C.C.C.CC(C)(C)OC(=O)N1CCC(CN)C1.N#Cc1ccccc1N1CCC(CN)C1.N#Cc1ccccc1N1CCC(CN2C(=O)c3ccccc3C2=O)C1.N#Cc1ccccc1N1CCC(CNC(=O)[C@H](O)[C@@H](O)C(=O)N2Cc3ccccc3C2)C1.O=C1c2ccccc2C(=O)N1CC1CCNC1.[C-]#[N+]c1ccccc1N1CCC(CNC(=O)[C@H](OC(C)=O)[C@@H](OC(C)=O)C(=O)N2Cc3ccccc3C2)C1. The molecule has 10 atom stereocenters. The summed E-state index contributed by atoms with van der Waals surface area (Å²) in [5.74, 6) is -3.11. The van der Waals surface area contributed by atoms with Gasteiger partial charge in [-0.1, -0.05) is 172 Å². The van der Waals surface area contributed by atoms with Gasteiger partial charge in [-0.25, -0.2) is 9.64 Å². The molecule has 0 spiro atoms. The first kappa shape index (κ1) is 119. The van der Waals surface area contributed by atoms with Gasteiger partial charge >= 0.3 is 18.0 Å². The molecule has 9 amide bonds. The van der Waals surface area contributed by atoms with Crippen LogP contribution in [-0.4, -0.2) is 248 Å². The number of nitriles is 3. The lowest BCUT2D eigenvalue weighted by molar-refractivity contribution is -0.178.